The van der Waals surface area contributed by atoms with Crippen molar-refractivity contribution in [3.8, 4) is 0 Å². The van der Waals surface area contributed by atoms with Crippen molar-refractivity contribution >= 4 is 11.4 Å². The third-order valence-corrected chi connectivity index (χ3v) is 4.03. The lowest BCUT2D eigenvalue weighted by atomic mass is 10.0. The van der Waals surface area contributed by atoms with Gasteiger partial charge in [-0.05, 0) is 24.6 Å². The van der Waals surface area contributed by atoms with Crippen LogP contribution in [-0.4, -0.2) is 32.1 Å². The van der Waals surface area contributed by atoms with Crippen LogP contribution in [0.3, 0.4) is 0 Å². The van der Waals surface area contributed by atoms with Gasteiger partial charge < -0.3 is 20.1 Å². The molecule has 0 unspecified atom stereocenters. The molecular formula is C14H20N2O2. The Morgan fingerprint density at radius 2 is 1.83 bits per heavy atom. The van der Waals surface area contributed by atoms with Crippen LogP contribution < -0.4 is 10.6 Å². The maximum Gasteiger partial charge on any atom is 0.171 e. The summed E-state index contributed by atoms with van der Waals surface area (Å²) in [5.74, 6) is -0.301. The zero-order valence-electron chi connectivity index (χ0n) is 10.8. The summed E-state index contributed by atoms with van der Waals surface area (Å²) in [6.45, 7) is 5.47. The number of nitrogens with zero attached hydrogens (tertiary/aromatic N) is 1. The fourth-order valence-corrected chi connectivity index (χ4v) is 2.86. The summed E-state index contributed by atoms with van der Waals surface area (Å²) >= 11 is 0. The van der Waals surface area contributed by atoms with Crippen LogP contribution in [0.15, 0.2) is 18.2 Å². The molecule has 0 aliphatic carbocycles. The standard InChI is InChI=1S/C14H20N2O2/c1-11-12(15)3-2-4-13(11)16-7-5-14(6-8-16)17-9-10-18-14/h2-4H,5-10,15H2,1H3. The molecule has 0 atom stereocenters. The van der Waals surface area contributed by atoms with E-state index in [1.807, 2.05) is 12.1 Å². The van der Waals surface area contributed by atoms with Gasteiger partial charge in [0.15, 0.2) is 5.79 Å². The van der Waals surface area contributed by atoms with E-state index < -0.39 is 0 Å². The van der Waals surface area contributed by atoms with Crippen LogP contribution in [0.4, 0.5) is 11.4 Å². The Hall–Kier alpha value is -1.26. The lowest BCUT2D eigenvalue weighted by molar-refractivity contribution is -0.169. The Balaban J connectivity index is 1.74. The highest BCUT2D eigenvalue weighted by atomic mass is 16.7. The summed E-state index contributed by atoms with van der Waals surface area (Å²) in [6, 6.07) is 6.11. The molecule has 18 heavy (non-hydrogen) atoms. The number of benzene rings is 1. The molecule has 4 nitrogen and oxygen atoms in total. The van der Waals surface area contributed by atoms with Crippen molar-refractivity contribution in [3.05, 3.63) is 23.8 Å². The Morgan fingerprint density at radius 3 is 2.50 bits per heavy atom. The monoisotopic (exact) mass is 248 g/mol. The molecule has 98 valence electrons. The third-order valence-electron chi connectivity index (χ3n) is 4.03. The van der Waals surface area contributed by atoms with Crippen molar-refractivity contribution in [1.29, 1.82) is 0 Å². The molecule has 2 fully saturated rings. The molecule has 3 rings (SSSR count). The highest BCUT2D eigenvalue weighted by Crippen LogP contribution is 2.34. The minimum absolute atomic E-state index is 0.301. The minimum atomic E-state index is -0.301. The summed E-state index contributed by atoms with van der Waals surface area (Å²) < 4.78 is 11.5. The van der Waals surface area contributed by atoms with Gasteiger partial charge in [0.1, 0.15) is 0 Å². The largest absolute Gasteiger partial charge is 0.398 e. The van der Waals surface area contributed by atoms with E-state index >= 15 is 0 Å². The predicted octanol–water partition coefficient (Wildman–Crippen LogP) is 1.92. The number of piperidine rings is 1. The molecule has 1 aromatic rings. The van der Waals surface area contributed by atoms with Gasteiger partial charge in [0, 0.05) is 37.3 Å². The van der Waals surface area contributed by atoms with E-state index in [2.05, 4.69) is 17.9 Å². The van der Waals surface area contributed by atoms with Crippen molar-refractivity contribution in [2.24, 2.45) is 0 Å². The first-order valence-electron chi connectivity index (χ1n) is 6.58. The van der Waals surface area contributed by atoms with E-state index in [0.717, 1.165) is 44.8 Å². The van der Waals surface area contributed by atoms with Gasteiger partial charge in [-0.2, -0.15) is 0 Å². The second kappa shape index (κ2) is 4.44. The Bertz CT molecular complexity index is 431. The number of nitrogens with two attached hydrogens (primary N) is 1. The number of ether oxygens (including phenoxy) is 2. The van der Waals surface area contributed by atoms with Gasteiger partial charge in [0.05, 0.1) is 13.2 Å². The molecule has 2 heterocycles. The smallest absolute Gasteiger partial charge is 0.171 e. The quantitative estimate of drug-likeness (QED) is 0.771. The van der Waals surface area contributed by atoms with E-state index in [4.69, 9.17) is 15.2 Å². The van der Waals surface area contributed by atoms with Gasteiger partial charge in [0.25, 0.3) is 0 Å². The van der Waals surface area contributed by atoms with Crippen LogP contribution in [-0.2, 0) is 9.47 Å². The maximum atomic E-state index is 5.97. The molecule has 2 aliphatic rings. The fraction of sp³-hybridized carbons (Fsp3) is 0.571. The van der Waals surface area contributed by atoms with Crippen molar-refractivity contribution in [2.75, 3.05) is 36.9 Å². The SMILES string of the molecule is Cc1c(N)cccc1N1CCC2(CC1)OCCO2. The molecule has 2 N–H and O–H groups in total. The normalized spacial score (nSPS) is 22.6. The molecule has 2 saturated heterocycles. The van der Waals surface area contributed by atoms with Gasteiger partial charge in [-0.1, -0.05) is 6.07 Å². The van der Waals surface area contributed by atoms with Gasteiger partial charge in [-0.25, -0.2) is 0 Å². The van der Waals surface area contributed by atoms with Crippen LogP contribution in [0.1, 0.15) is 18.4 Å². The summed E-state index contributed by atoms with van der Waals surface area (Å²) in [5.41, 5.74) is 9.24. The van der Waals surface area contributed by atoms with E-state index in [0.29, 0.717) is 0 Å². The lowest BCUT2D eigenvalue weighted by Gasteiger charge is -2.39. The molecule has 1 aromatic carbocycles. The Labute approximate surface area is 108 Å². The molecule has 1 spiro atoms. The first-order valence-corrected chi connectivity index (χ1v) is 6.58. The first kappa shape index (κ1) is 11.8. The lowest BCUT2D eigenvalue weighted by Crippen LogP contribution is -2.45. The highest BCUT2D eigenvalue weighted by molar-refractivity contribution is 5.64. The predicted molar refractivity (Wildman–Crippen MR) is 71.7 cm³/mol. The van der Waals surface area contributed by atoms with E-state index in [1.165, 1.54) is 11.3 Å². The summed E-state index contributed by atoms with van der Waals surface area (Å²) in [6.07, 6.45) is 1.86. The number of rotatable bonds is 1. The van der Waals surface area contributed by atoms with E-state index in [9.17, 15) is 0 Å². The van der Waals surface area contributed by atoms with Crippen molar-refractivity contribution in [3.63, 3.8) is 0 Å². The van der Waals surface area contributed by atoms with E-state index in [-0.39, 0.29) is 5.79 Å². The van der Waals surface area contributed by atoms with Gasteiger partial charge >= 0.3 is 0 Å². The molecule has 4 heteroatoms. The zero-order chi connectivity index (χ0) is 12.6. The average molecular weight is 248 g/mol. The minimum Gasteiger partial charge on any atom is -0.398 e. The maximum absolute atomic E-state index is 5.97. The summed E-state index contributed by atoms with van der Waals surface area (Å²) in [5, 5.41) is 0. The highest BCUT2D eigenvalue weighted by Gasteiger charge is 2.39. The van der Waals surface area contributed by atoms with Crippen LogP contribution >= 0.6 is 0 Å². The van der Waals surface area contributed by atoms with Gasteiger partial charge in [-0.3, -0.25) is 0 Å². The molecule has 0 aromatic heterocycles. The second-order valence-corrected chi connectivity index (χ2v) is 5.09. The van der Waals surface area contributed by atoms with E-state index in [1.54, 1.807) is 0 Å². The van der Waals surface area contributed by atoms with Crippen LogP contribution in [0.2, 0.25) is 0 Å². The van der Waals surface area contributed by atoms with Crippen LogP contribution in [0.25, 0.3) is 0 Å². The number of anilines is 2. The summed E-state index contributed by atoms with van der Waals surface area (Å²) in [4.78, 5) is 2.38. The third kappa shape index (κ3) is 1.95. The molecular weight excluding hydrogens is 228 g/mol. The topological polar surface area (TPSA) is 47.7 Å². The summed E-state index contributed by atoms with van der Waals surface area (Å²) in [7, 11) is 0. The molecule has 0 bridgehead atoms. The second-order valence-electron chi connectivity index (χ2n) is 5.09. The molecule has 0 saturated carbocycles. The first-order chi connectivity index (χ1) is 8.70. The molecule has 0 radical (unpaired) electrons. The fourth-order valence-electron chi connectivity index (χ4n) is 2.86. The Kier molecular flexibility index (Phi) is 2.92. The molecule has 2 aliphatic heterocycles. The molecule has 0 amide bonds. The Morgan fingerprint density at radius 1 is 1.17 bits per heavy atom. The van der Waals surface area contributed by atoms with Crippen molar-refractivity contribution in [2.45, 2.75) is 25.6 Å². The number of nitrogen functional groups attached to an aromatic ring is 1. The average Bonchev–Trinajstić information content (AvgIpc) is 2.83. The van der Waals surface area contributed by atoms with Crippen LogP contribution in [0.5, 0.6) is 0 Å². The number of hydrogen-bond donors (Lipinski definition) is 1. The number of hydrogen-bond acceptors (Lipinski definition) is 4. The zero-order valence-corrected chi connectivity index (χ0v) is 10.8. The van der Waals surface area contributed by atoms with Crippen molar-refractivity contribution < 1.29 is 9.47 Å². The van der Waals surface area contributed by atoms with Gasteiger partial charge in [-0.15, -0.1) is 0 Å². The van der Waals surface area contributed by atoms with Crippen molar-refractivity contribution in [1.82, 2.24) is 0 Å². The van der Waals surface area contributed by atoms with Crippen LogP contribution in [0, 0.1) is 6.92 Å². The van der Waals surface area contributed by atoms with Gasteiger partial charge in [0.2, 0.25) is 0 Å².